The lowest BCUT2D eigenvalue weighted by Crippen LogP contribution is -2.58. The molecule has 3 aromatic rings. The molecule has 2 atom stereocenters. The number of halogens is 2. The van der Waals surface area contributed by atoms with E-state index in [0.717, 1.165) is 12.8 Å². The zero-order chi connectivity index (χ0) is 31.8. The number of ether oxygens (including phenoxy) is 2. The molecule has 2 fully saturated rings. The number of benzene rings is 2. The second-order valence-corrected chi connectivity index (χ2v) is 12.8. The number of rotatable bonds is 6. The molecule has 5 rings (SSSR count). The molecule has 0 spiro atoms. The smallest absolute Gasteiger partial charge is 0.410 e. The lowest BCUT2D eigenvalue weighted by atomic mass is 9.84. The van der Waals surface area contributed by atoms with Crippen LogP contribution in [0.3, 0.4) is 0 Å². The van der Waals surface area contributed by atoms with E-state index in [1.54, 1.807) is 4.90 Å². The third kappa shape index (κ3) is 5.88. The van der Waals surface area contributed by atoms with Crippen LogP contribution in [0.15, 0.2) is 42.6 Å². The number of carbonyl (C=O) groups is 2. The molecule has 11 heteroatoms. The molecule has 0 bridgehead atoms. The van der Waals surface area contributed by atoms with Gasteiger partial charge in [-0.25, -0.2) is 13.9 Å². The molecule has 2 aliphatic heterocycles. The van der Waals surface area contributed by atoms with E-state index in [9.17, 15) is 14.0 Å². The van der Waals surface area contributed by atoms with E-state index in [2.05, 4.69) is 48.4 Å². The van der Waals surface area contributed by atoms with E-state index in [-0.39, 0.29) is 60.8 Å². The number of aryl methyl sites for hydroxylation is 1. The van der Waals surface area contributed by atoms with Gasteiger partial charge in [-0.05, 0) is 71.1 Å². The first kappa shape index (κ1) is 31.4. The van der Waals surface area contributed by atoms with Gasteiger partial charge in [0, 0.05) is 37.2 Å². The Balaban J connectivity index is 1.49. The lowest BCUT2D eigenvalue weighted by Gasteiger charge is -2.43. The number of methoxy groups -OCH3 is 1. The van der Waals surface area contributed by atoms with E-state index in [1.807, 2.05) is 25.7 Å². The van der Waals surface area contributed by atoms with Gasteiger partial charge in [-0.15, -0.1) is 5.10 Å². The van der Waals surface area contributed by atoms with Crippen LogP contribution >= 0.6 is 0 Å². The summed E-state index contributed by atoms with van der Waals surface area (Å²) in [4.78, 5) is 31.2. The van der Waals surface area contributed by atoms with Crippen molar-refractivity contribution in [3.63, 3.8) is 0 Å². The standard InChI is InChI=1S/C33H41F2N5O4/c1-7-26-23(22-10-8-21(2)9-11-22)14-17-39(26)30(41)33(15-18-38(19-16-33)31(42)44-32(3,4)5)40-20-25(36-37-40)24-12-13-27(43-6)29(35)28(24)34/h8-13,20,23,26H,7,14-19H2,1-6H3. The van der Waals surface area contributed by atoms with Crippen molar-refractivity contribution >= 4 is 12.0 Å². The van der Waals surface area contributed by atoms with Crippen molar-refractivity contribution < 1.29 is 27.8 Å². The van der Waals surface area contributed by atoms with Crippen molar-refractivity contribution in [1.29, 1.82) is 0 Å². The average molecular weight is 610 g/mol. The number of carbonyl (C=O) groups excluding carboxylic acids is 2. The predicted octanol–water partition coefficient (Wildman–Crippen LogP) is 6.06. The monoisotopic (exact) mass is 609 g/mol. The molecule has 44 heavy (non-hydrogen) atoms. The van der Waals surface area contributed by atoms with Crippen LogP contribution in [-0.4, -0.2) is 75.2 Å². The molecule has 2 amide bonds. The van der Waals surface area contributed by atoms with Crippen LogP contribution in [0, 0.1) is 18.6 Å². The summed E-state index contributed by atoms with van der Waals surface area (Å²) in [5.74, 6) is -2.38. The highest BCUT2D eigenvalue weighted by Gasteiger charge is 2.51. The van der Waals surface area contributed by atoms with Crippen molar-refractivity contribution in [2.24, 2.45) is 0 Å². The zero-order valence-corrected chi connectivity index (χ0v) is 26.3. The van der Waals surface area contributed by atoms with E-state index in [0.29, 0.717) is 6.54 Å². The van der Waals surface area contributed by atoms with Crippen LogP contribution in [0.1, 0.15) is 70.4 Å². The molecule has 3 heterocycles. The number of nitrogens with zero attached hydrogens (tertiary/aromatic N) is 5. The third-order valence-electron chi connectivity index (χ3n) is 8.85. The summed E-state index contributed by atoms with van der Waals surface area (Å²) in [6.07, 6.45) is 3.17. The molecule has 2 aliphatic rings. The van der Waals surface area contributed by atoms with Crippen LogP contribution in [-0.2, 0) is 15.1 Å². The van der Waals surface area contributed by atoms with Gasteiger partial charge in [0.15, 0.2) is 11.6 Å². The largest absolute Gasteiger partial charge is 0.494 e. The average Bonchev–Trinajstić information content (AvgIpc) is 3.66. The highest BCUT2D eigenvalue weighted by molar-refractivity contribution is 5.86. The van der Waals surface area contributed by atoms with E-state index >= 15 is 4.39 Å². The highest BCUT2D eigenvalue weighted by Crippen LogP contribution is 2.41. The highest BCUT2D eigenvalue weighted by atomic mass is 19.2. The Bertz CT molecular complexity index is 1510. The summed E-state index contributed by atoms with van der Waals surface area (Å²) >= 11 is 0. The van der Waals surface area contributed by atoms with Gasteiger partial charge in [0.2, 0.25) is 5.82 Å². The first-order chi connectivity index (χ1) is 20.9. The molecular formula is C33H41F2N5O4. The molecule has 236 valence electrons. The number of hydrogen-bond donors (Lipinski definition) is 0. The van der Waals surface area contributed by atoms with Gasteiger partial charge in [-0.3, -0.25) is 4.79 Å². The van der Waals surface area contributed by atoms with Crippen LogP contribution in [0.2, 0.25) is 0 Å². The molecule has 2 unspecified atom stereocenters. The fourth-order valence-electron chi connectivity index (χ4n) is 6.49. The summed E-state index contributed by atoms with van der Waals surface area (Å²) < 4.78 is 41.6. The quantitative estimate of drug-likeness (QED) is 0.338. The van der Waals surface area contributed by atoms with Crippen LogP contribution < -0.4 is 4.74 Å². The maximum Gasteiger partial charge on any atom is 0.410 e. The van der Waals surface area contributed by atoms with Gasteiger partial charge in [0.25, 0.3) is 5.91 Å². The molecule has 0 radical (unpaired) electrons. The second kappa shape index (κ2) is 12.2. The summed E-state index contributed by atoms with van der Waals surface area (Å²) in [5.41, 5.74) is 0.549. The van der Waals surface area contributed by atoms with Crippen molar-refractivity contribution in [3.05, 3.63) is 65.4 Å². The Morgan fingerprint density at radius 3 is 2.32 bits per heavy atom. The van der Waals surface area contributed by atoms with E-state index in [1.165, 1.54) is 41.2 Å². The summed E-state index contributed by atoms with van der Waals surface area (Å²) in [6.45, 7) is 10.7. The Hall–Kier alpha value is -4.02. The van der Waals surface area contributed by atoms with E-state index in [4.69, 9.17) is 9.47 Å². The Morgan fingerprint density at radius 1 is 1.02 bits per heavy atom. The van der Waals surface area contributed by atoms with Gasteiger partial charge >= 0.3 is 6.09 Å². The number of hydrogen-bond acceptors (Lipinski definition) is 6. The maximum absolute atomic E-state index is 15.0. The Kier molecular flexibility index (Phi) is 8.68. The third-order valence-corrected chi connectivity index (χ3v) is 8.85. The molecule has 0 N–H and O–H groups in total. The first-order valence-electron chi connectivity index (χ1n) is 15.2. The van der Waals surface area contributed by atoms with E-state index < -0.39 is 28.9 Å². The first-order valence-corrected chi connectivity index (χ1v) is 15.2. The van der Waals surface area contributed by atoms with Crippen LogP contribution in [0.4, 0.5) is 13.6 Å². The Labute approximate surface area is 257 Å². The van der Waals surface area contributed by atoms with Gasteiger partial charge in [0.1, 0.15) is 16.8 Å². The van der Waals surface area contributed by atoms with Crippen molar-refractivity contribution in [2.75, 3.05) is 26.7 Å². The van der Waals surface area contributed by atoms with Crippen molar-refractivity contribution in [1.82, 2.24) is 24.8 Å². The van der Waals surface area contributed by atoms with Gasteiger partial charge in [0.05, 0.1) is 13.3 Å². The number of piperidine rings is 1. The summed E-state index contributed by atoms with van der Waals surface area (Å²) in [6, 6.07) is 11.1. The molecule has 0 aliphatic carbocycles. The fourth-order valence-corrected chi connectivity index (χ4v) is 6.49. The number of likely N-dealkylation sites (tertiary alicyclic amines) is 2. The second-order valence-electron chi connectivity index (χ2n) is 12.8. The van der Waals surface area contributed by atoms with Crippen LogP contribution in [0.25, 0.3) is 11.3 Å². The van der Waals surface area contributed by atoms with Gasteiger partial charge < -0.3 is 19.3 Å². The summed E-state index contributed by atoms with van der Waals surface area (Å²) in [7, 11) is 1.26. The van der Waals surface area contributed by atoms with Crippen LogP contribution in [0.5, 0.6) is 5.75 Å². The minimum absolute atomic E-state index is 0.0258. The molecule has 0 saturated carbocycles. The SMILES string of the molecule is CCC1C(c2ccc(C)cc2)CCN1C(=O)C1(n2cc(-c3ccc(OC)c(F)c3F)nn2)CCN(C(=O)OC(C)(C)C)CC1. The Morgan fingerprint density at radius 2 is 1.70 bits per heavy atom. The fraction of sp³-hybridized carbons (Fsp3) is 0.515. The zero-order valence-electron chi connectivity index (χ0n) is 26.3. The topological polar surface area (TPSA) is 89.8 Å². The minimum Gasteiger partial charge on any atom is -0.494 e. The molecule has 2 aromatic carbocycles. The molecule has 1 aromatic heterocycles. The molecular weight excluding hydrogens is 568 g/mol. The van der Waals surface area contributed by atoms with Gasteiger partial charge in [-0.2, -0.15) is 4.39 Å². The van der Waals surface area contributed by atoms with Crippen molar-refractivity contribution in [2.45, 2.75) is 83.4 Å². The lowest BCUT2D eigenvalue weighted by molar-refractivity contribution is -0.145. The molecule has 2 saturated heterocycles. The predicted molar refractivity (Wildman–Crippen MR) is 161 cm³/mol. The number of amides is 2. The van der Waals surface area contributed by atoms with Crippen molar-refractivity contribution in [3.8, 4) is 17.0 Å². The maximum atomic E-state index is 15.0. The number of aromatic nitrogens is 3. The minimum atomic E-state index is -1.18. The normalized spacial score (nSPS) is 20.1. The molecule has 9 nitrogen and oxygen atoms in total. The summed E-state index contributed by atoms with van der Waals surface area (Å²) in [5, 5.41) is 8.50. The van der Waals surface area contributed by atoms with Gasteiger partial charge in [-0.1, -0.05) is 42.0 Å².